The quantitative estimate of drug-likeness (QED) is 0.723. The molecular weight excluding hydrogens is 360 g/mol. The Balaban J connectivity index is 1.49. The van der Waals surface area contributed by atoms with Crippen LogP contribution in [-0.4, -0.2) is 24.3 Å². The minimum absolute atomic E-state index is 0.183. The molecule has 2 heterocycles. The number of carbonyl (C=O) groups excluding carboxylic acids is 1. The Labute approximate surface area is 162 Å². The number of fused-ring (bicyclic) bond motifs is 1. The van der Waals surface area contributed by atoms with Crippen LogP contribution in [0.3, 0.4) is 0 Å². The fraction of sp³-hybridized carbons (Fsp3) is 0.238. The summed E-state index contributed by atoms with van der Waals surface area (Å²) >= 11 is 0. The lowest BCUT2D eigenvalue weighted by Crippen LogP contribution is -2.17. The van der Waals surface area contributed by atoms with Gasteiger partial charge in [0.2, 0.25) is 0 Å². The molecule has 0 fully saturated rings. The van der Waals surface area contributed by atoms with E-state index >= 15 is 0 Å². The molecule has 1 amide bonds. The summed E-state index contributed by atoms with van der Waals surface area (Å²) < 4.78 is 22.1. The highest BCUT2D eigenvalue weighted by atomic mass is 16.6. The Hall–Kier alpha value is -3.48. The number of hydrogen-bond donors (Lipinski definition) is 1. The average Bonchev–Trinajstić information content (AvgIpc) is 3.07. The second kappa shape index (κ2) is 7.64. The van der Waals surface area contributed by atoms with Crippen LogP contribution in [0.1, 0.15) is 27.4 Å². The van der Waals surface area contributed by atoms with Gasteiger partial charge in [-0.2, -0.15) is 0 Å². The first-order chi connectivity index (χ1) is 13.6. The van der Waals surface area contributed by atoms with E-state index in [2.05, 4.69) is 10.5 Å². The van der Waals surface area contributed by atoms with Crippen LogP contribution in [0.5, 0.6) is 17.2 Å². The minimum Gasteiger partial charge on any atom is -0.489 e. The molecule has 3 aromatic rings. The number of anilines is 1. The van der Waals surface area contributed by atoms with Gasteiger partial charge in [-0.05, 0) is 43.7 Å². The summed E-state index contributed by atoms with van der Waals surface area (Å²) in [6.45, 7) is 4.92. The number of aromatic nitrogens is 1. The van der Waals surface area contributed by atoms with Crippen molar-refractivity contribution in [2.24, 2.45) is 0 Å². The third-order valence-electron chi connectivity index (χ3n) is 4.37. The fourth-order valence-corrected chi connectivity index (χ4v) is 2.91. The van der Waals surface area contributed by atoms with E-state index in [4.69, 9.17) is 18.7 Å². The highest BCUT2D eigenvalue weighted by Gasteiger charge is 2.21. The van der Waals surface area contributed by atoms with Gasteiger partial charge < -0.3 is 24.1 Å². The molecule has 144 valence electrons. The number of nitrogens with one attached hydrogen (secondary N) is 1. The van der Waals surface area contributed by atoms with E-state index in [0.717, 1.165) is 11.3 Å². The van der Waals surface area contributed by atoms with Crippen molar-refractivity contribution >= 4 is 11.6 Å². The van der Waals surface area contributed by atoms with Crippen molar-refractivity contribution in [1.29, 1.82) is 0 Å². The van der Waals surface area contributed by atoms with Crippen molar-refractivity contribution in [3.8, 4) is 17.2 Å². The largest absolute Gasteiger partial charge is 0.489 e. The molecule has 4 rings (SSSR count). The van der Waals surface area contributed by atoms with Crippen LogP contribution in [0.4, 0.5) is 5.69 Å². The van der Waals surface area contributed by atoms with E-state index in [9.17, 15) is 4.79 Å². The van der Waals surface area contributed by atoms with Gasteiger partial charge in [0.25, 0.3) is 5.91 Å². The van der Waals surface area contributed by atoms with Gasteiger partial charge in [0.15, 0.2) is 17.2 Å². The minimum atomic E-state index is -0.378. The summed E-state index contributed by atoms with van der Waals surface area (Å²) in [7, 11) is 0. The predicted molar refractivity (Wildman–Crippen MR) is 102 cm³/mol. The normalized spacial score (nSPS) is 12.5. The summed E-state index contributed by atoms with van der Waals surface area (Å²) in [5.41, 5.74) is 2.48. The topological polar surface area (TPSA) is 82.8 Å². The summed E-state index contributed by atoms with van der Waals surface area (Å²) in [4.78, 5) is 12.7. The molecule has 0 spiro atoms. The van der Waals surface area contributed by atoms with Gasteiger partial charge in [-0.1, -0.05) is 17.3 Å². The van der Waals surface area contributed by atoms with E-state index < -0.39 is 0 Å². The maximum absolute atomic E-state index is 12.7. The molecule has 0 aliphatic carbocycles. The number of hydrogen-bond acceptors (Lipinski definition) is 6. The summed E-state index contributed by atoms with van der Waals surface area (Å²) in [5.74, 6) is 2.15. The van der Waals surface area contributed by atoms with Crippen LogP contribution >= 0.6 is 0 Å². The van der Waals surface area contributed by atoms with Crippen molar-refractivity contribution in [1.82, 2.24) is 5.16 Å². The van der Waals surface area contributed by atoms with Crippen molar-refractivity contribution in [2.75, 3.05) is 18.5 Å². The second-order valence-electron chi connectivity index (χ2n) is 6.48. The van der Waals surface area contributed by atoms with Crippen LogP contribution in [0, 0.1) is 13.8 Å². The lowest BCUT2D eigenvalue weighted by atomic mass is 10.2. The zero-order chi connectivity index (χ0) is 19.5. The van der Waals surface area contributed by atoms with Crippen molar-refractivity contribution in [3.63, 3.8) is 0 Å². The van der Waals surface area contributed by atoms with E-state index in [-0.39, 0.29) is 18.2 Å². The molecule has 1 aromatic heterocycles. The SMILES string of the molecule is Cc1cccc(OCc2c(C(=O)Nc3ccc4c(c3)OCCO4)noc2C)c1. The van der Waals surface area contributed by atoms with E-state index in [1.165, 1.54) is 0 Å². The highest BCUT2D eigenvalue weighted by molar-refractivity contribution is 6.04. The molecular formula is C21H20N2O5. The number of carbonyl (C=O) groups is 1. The van der Waals surface area contributed by atoms with Gasteiger partial charge in [-0.3, -0.25) is 4.79 Å². The number of rotatable bonds is 5. The van der Waals surface area contributed by atoms with Gasteiger partial charge in [-0.15, -0.1) is 0 Å². The third-order valence-corrected chi connectivity index (χ3v) is 4.37. The Morgan fingerprint density at radius 2 is 1.93 bits per heavy atom. The van der Waals surface area contributed by atoms with Crippen LogP contribution in [0.15, 0.2) is 47.0 Å². The molecule has 0 bridgehead atoms. The van der Waals surface area contributed by atoms with Gasteiger partial charge in [0, 0.05) is 11.8 Å². The average molecular weight is 380 g/mol. The molecule has 1 N–H and O–H groups in total. The zero-order valence-electron chi connectivity index (χ0n) is 15.7. The molecule has 1 aliphatic heterocycles. The monoisotopic (exact) mass is 380 g/mol. The Kier molecular flexibility index (Phi) is 4.89. The van der Waals surface area contributed by atoms with E-state index in [1.807, 2.05) is 31.2 Å². The number of amides is 1. The van der Waals surface area contributed by atoms with Crippen molar-refractivity contribution < 1.29 is 23.5 Å². The smallest absolute Gasteiger partial charge is 0.278 e. The predicted octanol–water partition coefficient (Wildman–Crippen LogP) is 3.89. The molecule has 28 heavy (non-hydrogen) atoms. The Morgan fingerprint density at radius 3 is 2.75 bits per heavy atom. The van der Waals surface area contributed by atoms with Gasteiger partial charge in [0.05, 0.1) is 5.56 Å². The molecule has 0 radical (unpaired) electrons. The lowest BCUT2D eigenvalue weighted by molar-refractivity contribution is 0.101. The first kappa shape index (κ1) is 17.9. The van der Waals surface area contributed by atoms with Crippen molar-refractivity contribution in [3.05, 3.63) is 65.0 Å². The van der Waals surface area contributed by atoms with E-state index in [0.29, 0.717) is 41.7 Å². The van der Waals surface area contributed by atoms with Gasteiger partial charge in [0.1, 0.15) is 31.3 Å². The maximum Gasteiger partial charge on any atom is 0.278 e. The third kappa shape index (κ3) is 3.78. The second-order valence-corrected chi connectivity index (χ2v) is 6.48. The molecule has 7 heteroatoms. The lowest BCUT2D eigenvalue weighted by Gasteiger charge is -2.18. The van der Waals surface area contributed by atoms with Gasteiger partial charge >= 0.3 is 0 Å². The maximum atomic E-state index is 12.7. The van der Waals surface area contributed by atoms with E-state index in [1.54, 1.807) is 25.1 Å². The molecule has 1 aliphatic rings. The standard InChI is InChI=1S/C21H20N2O5/c1-13-4-3-5-16(10-13)27-12-17-14(2)28-23-20(17)21(24)22-15-6-7-18-19(11-15)26-9-8-25-18/h3-7,10-11H,8-9,12H2,1-2H3,(H,22,24). The van der Waals surface area contributed by atoms with Crippen LogP contribution < -0.4 is 19.5 Å². The number of benzene rings is 2. The molecule has 7 nitrogen and oxygen atoms in total. The zero-order valence-corrected chi connectivity index (χ0v) is 15.7. The number of nitrogens with zero attached hydrogens (tertiary/aromatic N) is 1. The first-order valence-corrected chi connectivity index (χ1v) is 8.96. The van der Waals surface area contributed by atoms with Crippen LogP contribution in [0.25, 0.3) is 0 Å². The summed E-state index contributed by atoms with van der Waals surface area (Å²) in [6, 6.07) is 12.9. The Morgan fingerprint density at radius 1 is 1.11 bits per heavy atom. The number of aryl methyl sites for hydroxylation is 2. The molecule has 0 saturated heterocycles. The number of ether oxygens (including phenoxy) is 3. The molecule has 2 aromatic carbocycles. The van der Waals surface area contributed by atoms with Crippen LogP contribution in [-0.2, 0) is 6.61 Å². The fourth-order valence-electron chi connectivity index (χ4n) is 2.91. The Bertz CT molecular complexity index is 1010. The molecule has 0 unspecified atom stereocenters. The summed E-state index contributed by atoms with van der Waals surface area (Å²) in [5, 5.41) is 6.72. The highest BCUT2D eigenvalue weighted by Crippen LogP contribution is 2.32. The van der Waals surface area contributed by atoms with Gasteiger partial charge in [-0.25, -0.2) is 0 Å². The molecule has 0 atom stereocenters. The summed E-state index contributed by atoms with van der Waals surface area (Å²) in [6.07, 6.45) is 0. The first-order valence-electron chi connectivity index (χ1n) is 8.96. The van der Waals surface area contributed by atoms with Crippen molar-refractivity contribution in [2.45, 2.75) is 20.5 Å². The molecule has 0 saturated carbocycles. The van der Waals surface area contributed by atoms with Crippen LogP contribution in [0.2, 0.25) is 0 Å².